The number of aryl methyl sites for hydroxylation is 3. The molecule has 0 aliphatic rings. The number of carbonyl (C=O) groups is 1. The first-order valence-corrected chi connectivity index (χ1v) is 12.0. The molecule has 6 nitrogen and oxygen atoms in total. The molecule has 3 aromatic heterocycles. The third-order valence-electron chi connectivity index (χ3n) is 5.53. The van der Waals surface area contributed by atoms with E-state index in [1.165, 1.54) is 23.1 Å². The number of thioether (sulfide) groups is 1. The summed E-state index contributed by atoms with van der Waals surface area (Å²) in [5.41, 5.74) is 4.75. The summed E-state index contributed by atoms with van der Waals surface area (Å²) < 4.78 is 1.65. The Kier molecular flexibility index (Phi) is 6.43. The summed E-state index contributed by atoms with van der Waals surface area (Å²) in [5.74, 6) is 0.0198. The van der Waals surface area contributed by atoms with E-state index in [0.29, 0.717) is 21.9 Å². The SMILES string of the molecule is Cc1cccc(NC(=O)CSc2nc3sc(C)c(C)c3c(=O)n2Cc2cccnc2)c1C. The van der Waals surface area contributed by atoms with Crippen molar-refractivity contribution in [1.29, 1.82) is 0 Å². The highest BCUT2D eigenvalue weighted by molar-refractivity contribution is 7.99. The molecule has 4 aromatic rings. The molecule has 32 heavy (non-hydrogen) atoms. The fraction of sp³-hybridized carbons (Fsp3) is 0.250. The van der Waals surface area contributed by atoms with Gasteiger partial charge in [-0.15, -0.1) is 11.3 Å². The maximum atomic E-state index is 13.4. The van der Waals surface area contributed by atoms with Crippen molar-refractivity contribution in [3.05, 3.63) is 80.2 Å². The van der Waals surface area contributed by atoms with Gasteiger partial charge in [-0.1, -0.05) is 30.0 Å². The van der Waals surface area contributed by atoms with Crippen LogP contribution in [0.2, 0.25) is 0 Å². The first kappa shape index (κ1) is 22.2. The molecule has 0 radical (unpaired) electrons. The van der Waals surface area contributed by atoms with Crippen molar-refractivity contribution in [3.8, 4) is 0 Å². The highest BCUT2D eigenvalue weighted by Gasteiger charge is 2.18. The predicted octanol–water partition coefficient (Wildman–Crippen LogP) is 4.87. The third-order valence-corrected chi connectivity index (χ3v) is 7.61. The standard InChI is InChI=1S/C24H24N4O2S2/c1-14-7-5-9-19(15(14)2)26-20(29)13-31-24-27-22-21(16(3)17(4)32-22)23(30)28(24)12-18-8-6-10-25-11-18/h5-11H,12-13H2,1-4H3,(H,26,29). The number of anilines is 1. The summed E-state index contributed by atoms with van der Waals surface area (Å²) in [6, 6.07) is 9.60. The lowest BCUT2D eigenvalue weighted by Crippen LogP contribution is -2.25. The van der Waals surface area contributed by atoms with Crippen molar-refractivity contribution < 1.29 is 4.79 Å². The maximum absolute atomic E-state index is 13.4. The zero-order valence-electron chi connectivity index (χ0n) is 18.4. The molecule has 1 N–H and O–H groups in total. The van der Waals surface area contributed by atoms with Crippen molar-refractivity contribution in [3.63, 3.8) is 0 Å². The Morgan fingerprint density at radius 3 is 2.69 bits per heavy atom. The Morgan fingerprint density at radius 1 is 1.12 bits per heavy atom. The van der Waals surface area contributed by atoms with Crippen LogP contribution in [0.15, 0.2) is 52.7 Å². The molecule has 0 aliphatic carbocycles. The summed E-state index contributed by atoms with van der Waals surface area (Å²) in [6.07, 6.45) is 3.44. The van der Waals surface area contributed by atoms with Crippen LogP contribution in [0, 0.1) is 27.7 Å². The molecule has 0 atom stereocenters. The van der Waals surface area contributed by atoms with Crippen LogP contribution in [-0.4, -0.2) is 26.2 Å². The number of fused-ring (bicyclic) bond motifs is 1. The smallest absolute Gasteiger partial charge is 0.263 e. The van der Waals surface area contributed by atoms with E-state index < -0.39 is 0 Å². The molecule has 0 aliphatic heterocycles. The lowest BCUT2D eigenvalue weighted by Gasteiger charge is -2.13. The minimum Gasteiger partial charge on any atom is -0.325 e. The van der Waals surface area contributed by atoms with E-state index in [-0.39, 0.29) is 17.2 Å². The van der Waals surface area contributed by atoms with Crippen molar-refractivity contribution in [2.75, 3.05) is 11.1 Å². The molecule has 0 saturated carbocycles. The summed E-state index contributed by atoms with van der Waals surface area (Å²) >= 11 is 2.79. The average Bonchev–Trinajstić information content (AvgIpc) is 3.06. The van der Waals surface area contributed by atoms with Crippen LogP contribution in [-0.2, 0) is 11.3 Å². The predicted molar refractivity (Wildman–Crippen MR) is 132 cm³/mol. The Hall–Kier alpha value is -2.97. The summed E-state index contributed by atoms with van der Waals surface area (Å²) in [7, 11) is 0. The van der Waals surface area contributed by atoms with E-state index in [2.05, 4.69) is 10.3 Å². The Bertz CT molecular complexity index is 1360. The van der Waals surface area contributed by atoms with Gasteiger partial charge >= 0.3 is 0 Å². The van der Waals surface area contributed by atoms with Crippen LogP contribution >= 0.6 is 23.1 Å². The van der Waals surface area contributed by atoms with E-state index >= 15 is 0 Å². The fourth-order valence-corrected chi connectivity index (χ4v) is 5.30. The van der Waals surface area contributed by atoms with Gasteiger partial charge in [0.15, 0.2) is 5.16 Å². The molecule has 0 fully saturated rings. The van der Waals surface area contributed by atoms with Crippen LogP contribution in [0.4, 0.5) is 5.69 Å². The molecule has 4 rings (SSSR count). The summed E-state index contributed by atoms with van der Waals surface area (Å²) in [4.78, 5) is 36.8. The van der Waals surface area contributed by atoms with Gasteiger partial charge in [0.1, 0.15) is 4.83 Å². The van der Waals surface area contributed by atoms with Crippen LogP contribution in [0.5, 0.6) is 0 Å². The Morgan fingerprint density at radius 2 is 1.94 bits per heavy atom. The molecule has 0 saturated heterocycles. The molecule has 8 heteroatoms. The quantitative estimate of drug-likeness (QED) is 0.326. The second-order valence-electron chi connectivity index (χ2n) is 7.69. The van der Waals surface area contributed by atoms with E-state index in [1.807, 2.05) is 58.0 Å². The van der Waals surface area contributed by atoms with Gasteiger partial charge in [0.05, 0.1) is 17.7 Å². The number of hydrogen-bond donors (Lipinski definition) is 1. The van der Waals surface area contributed by atoms with E-state index in [0.717, 1.165) is 32.8 Å². The Balaban J connectivity index is 1.64. The third kappa shape index (κ3) is 4.47. The van der Waals surface area contributed by atoms with Crippen LogP contribution in [0.25, 0.3) is 10.2 Å². The monoisotopic (exact) mass is 464 g/mol. The minimum absolute atomic E-state index is 0.0851. The van der Waals surface area contributed by atoms with Gasteiger partial charge in [-0.3, -0.25) is 19.1 Å². The van der Waals surface area contributed by atoms with E-state index in [1.54, 1.807) is 17.0 Å². The topological polar surface area (TPSA) is 76.9 Å². The van der Waals surface area contributed by atoms with E-state index in [4.69, 9.17) is 4.98 Å². The number of thiophene rings is 1. The Labute approximate surface area is 194 Å². The van der Waals surface area contributed by atoms with Gasteiger partial charge in [-0.2, -0.15) is 0 Å². The second kappa shape index (κ2) is 9.26. The van der Waals surface area contributed by atoms with Gasteiger partial charge in [-0.25, -0.2) is 4.98 Å². The molecule has 164 valence electrons. The van der Waals surface area contributed by atoms with E-state index in [9.17, 15) is 9.59 Å². The molecular formula is C24H24N4O2S2. The summed E-state index contributed by atoms with van der Waals surface area (Å²) in [6.45, 7) is 8.31. The number of nitrogens with one attached hydrogen (secondary N) is 1. The number of nitrogens with zero attached hydrogens (tertiary/aromatic N) is 3. The number of hydrogen-bond acceptors (Lipinski definition) is 6. The van der Waals surface area contributed by atoms with Crippen molar-refractivity contribution in [1.82, 2.24) is 14.5 Å². The van der Waals surface area contributed by atoms with Gasteiger partial charge in [0.25, 0.3) is 5.56 Å². The van der Waals surface area contributed by atoms with Gasteiger partial charge in [0.2, 0.25) is 5.91 Å². The van der Waals surface area contributed by atoms with Crippen molar-refractivity contribution in [2.24, 2.45) is 0 Å². The highest BCUT2D eigenvalue weighted by Crippen LogP contribution is 2.29. The highest BCUT2D eigenvalue weighted by atomic mass is 32.2. The molecule has 0 bridgehead atoms. The van der Waals surface area contributed by atoms with Gasteiger partial charge < -0.3 is 5.32 Å². The molecular weight excluding hydrogens is 440 g/mol. The molecule has 3 heterocycles. The zero-order chi connectivity index (χ0) is 22.8. The minimum atomic E-state index is -0.135. The number of benzene rings is 1. The molecule has 1 aromatic carbocycles. The number of amides is 1. The summed E-state index contributed by atoms with van der Waals surface area (Å²) in [5, 5.41) is 4.16. The van der Waals surface area contributed by atoms with Gasteiger partial charge in [0, 0.05) is 23.0 Å². The van der Waals surface area contributed by atoms with Crippen molar-refractivity contribution >= 4 is 44.9 Å². The van der Waals surface area contributed by atoms with Crippen molar-refractivity contribution in [2.45, 2.75) is 39.4 Å². The molecule has 0 spiro atoms. The number of rotatable bonds is 6. The largest absolute Gasteiger partial charge is 0.325 e. The fourth-order valence-electron chi connectivity index (χ4n) is 3.44. The number of carbonyl (C=O) groups excluding carboxylic acids is 1. The van der Waals surface area contributed by atoms with Crippen LogP contribution in [0.1, 0.15) is 27.1 Å². The number of pyridine rings is 1. The molecule has 1 amide bonds. The second-order valence-corrected chi connectivity index (χ2v) is 9.84. The van der Waals surface area contributed by atoms with Crippen LogP contribution in [0.3, 0.4) is 0 Å². The zero-order valence-corrected chi connectivity index (χ0v) is 20.1. The lowest BCUT2D eigenvalue weighted by molar-refractivity contribution is -0.113. The normalized spacial score (nSPS) is 11.1. The molecule has 0 unspecified atom stereocenters. The first-order valence-electron chi connectivity index (χ1n) is 10.2. The van der Waals surface area contributed by atoms with Gasteiger partial charge in [-0.05, 0) is 62.1 Å². The van der Waals surface area contributed by atoms with Crippen LogP contribution < -0.4 is 10.9 Å². The first-order chi connectivity index (χ1) is 15.3. The number of aromatic nitrogens is 3. The maximum Gasteiger partial charge on any atom is 0.263 e. The lowest BCUT2D eigenvalue weighted by atomic mass is 10.1. The average molecular weight is 465 g/mol.